The first-order chi connectivity index (χ1) is 7.86. The van der Waals surface area contributed by atoms with Crippen LogP contribution in [0.3, 0.4) is 0 Å². The molecule has 4 nitrogen and oxygen atoms in total. The molecule has 0 saturated carbocycles. The fourth-order valence-corrected chi connectivity index (χ4v) is 2.90. The van der Waals surface area contributed by atoms with Gasteiger partial charge in [-0.25, -0.2) is 13.1 Å². The van der Waals surface area contributed by atoms with Crippen LogP contribution in [0.25, 0.3) is 0 Å². The molecule has 17 heavy (non-hydrogen) atoms. The highest BCUT2D eigenvalue weighted by atomic mass is 79.9. The van der Waals surface area contributed by atoms with Gasteiger partial charge in [-0.1, -0.05) is 34.1 Å². The van der Waals surface area contributed by atoms with E-state index in [0.717, 1.165) is 0 Å². The molecule has 0 radical (unpaired) electrons. The number of nitriles is 1. The lowest BCUT2D eigenvalue weighted by molar-refractivity contribution is 0.585. The van der Waals surface area contributed by atoms with E-state index in [0.29, 0.717) is 4.48 Å². The van der Waals surface area contributed by atoms with Gasteiger partial charge in [0.2, 0.25) is 10.0 Å². The van der Waals surface area contributed by atoms with Crippen molar-refractivity contribution in [2.24, 2.45) is 0 Å². The fraction of sp³-hybridized carbons (Fsp3) is 0.100. The molecule has 0 bridgehead atoms. The lowest BCUT2D eigenvalue weighted by Gasteiger charge is -2.07. The van der Waals surface area contributed by atoms with Crippen LogP contribution in [0.15, 0.2) is 34.2 Å². The smallest absolute Gasteiger partial charge is 0.207 e. The normalized spacial score (nSPS) is 10.9. The Morgan fingerprint density at radius 2 is 2.24 bits per heavy atom. The highest BCUT2D eigenvalue weighted by molar-refractivity contribution is 9.11. The SMILES string of the molecule is C=C(Br)CNS(=O)(=O)c1cc(C#N)ccc1Cl. The zero-order valence-corrected chi connectivity index (χ0v) is 11.7. The molecule has 0 fully saturated rings. The van der Waals surface area contributed by atoms with Crippen LogP contribution in [0, 0.1) is 11.3 Å². The number of rotatable bonds is 4. The van der Waals surface area contributed by atoms with Gasteiger partial charge in [0.15, 0.2) is 0 Å². The molecule has 0 aliphatic rings. The van der Waals surface area contributed by atoms with Gasteiger partial charge in [-0.3, -0.25) is 0 Å². The highest BCUT2D eigenvalue weighted by Gasteiger charge is 2.18. The van der Waals surface area contributed by atoms with Gasteiger partial charge >= 0.3 is 0 Å². The molecule has 0 amide bonds. The summed E-state index contributed by atoms with van der Waals surface area (Å²) in [6.45, 7) is 3.56. The van der Waals surface area contributed by atoms with Crippen molar-refractivity contribution in [2.45, 2.75) is 4.90 Å². The van der Waals surface area contributed by atoms with E-state index in [2.05, 4.69) is 27.2 Å². The van der Waals surface area contributed by atoms with Crippen molar-refractivity contribution < 1.29 is 8.42 Å². The van der Waals surface area contributed by atoms with Crippen molar-refractivity contribution in [1.82, 2.24) is 4.72 Å². The minimum atomic E-state index is -3.74. The van der Waals surface area contributed by atoms with E-state index in [9.17, 15) is 8.42 Å². The second kappa shape index (κ2) is 5.65. The van der Waals surface area contributed by atoms with E-state index < -0.39 is 10.0 Å². The Kier molecular flexibility index (Phi) is 4.71. The van der Waals surface area contributed by atoms with Crippen LogP contribution < -0.4 is 4.72 Å². The van der Waals surface area contributed by atoms with E-state index in [1.165, 1.54) is 18.2 Å². The summed E-state index contributed by atoms with van der Waals surface area (Å²) < 4.78 is 26.5. The molecule has 0 aromatic heterocycles. The Labute approximate surface area is 113 Å². The molecule has 0 heterocycles. The largest absolute Gasteiger partial charge is 0.242 e. The van der Waals surface area contributed by atoms with E-state index >= 15 is 0 Å². The van der Waals surface area contributed by atoms with Gasteiger partial charge in [0, 0.05) is 11.0 Å². The monoisotopic (exact) mass is 334 g/mol. The summed E-state index contributed by atoms with van der Waals surface area (Å²) in [6, 6.07) is 5.90. The summed E-state index contributed by atoms with van der Waals surface area (Å²) in [5.74, 6) is 0. The lowest BCUT2D eigenvalue weighted by atomic mass is 10.2. The number of hydrogen-bond donors (Lipinski definition) is 1. The molecule has 0 aliphatic heterocycles. The Hall–Kier alpha value is -0.870. The maximum absolute atomic E-state index is 11.9. The van der Waals surface area contributed by atoms with Crippen LogP contribution in [0.4, 0.5) is 0 Å². The zero-order chi connectivity index (χ0) is 13.1. The lowest BCUT2D eigenvalue weighted by Crippen LogP contribution is -2.25. The average molecular weight is 336 g/mol. The molecular weight excluding hydrogens is 328 g/mol. The van der Waals surface area contributed by atoms with Gasteiger partial charge in [-0.05, 0) is 18.2 Å². The summed E-state index contributed by atoms with van der Waals surface area (Å²) in [5, 5.41) is 8.77. The quantitative estimate of drug-likeness (QED) is 0.918. The van der Waals surface area contributed by atoms with Crippen LogP contribution in [0.5, 0.6) is 0 Å². The molecule has 0 atom stereocenters. The first kappa shape index (κ1) is 14.2. The first-order valence-corrected chi connectivity index (χ1v) is 7.05. The van der Waals surface area contributed by atoms with Crippen molar-refractivity contribution in [2.75, 3.05) is 6.54 Å². The predicted octanol–water partition coefficient (Wildman–Crippen LogP) is 2.40. The first-order valence-electron chi connectivity index (χ1n) is 4.39. The summed E-state index contributed by atoms with van der Waals surface area (Å²) in [5.41, 5.74) is 0.229. The van der Waals surface area contributed by atoms with Gasteiger partial charge in [0.1, 0.15) is 4.90 Å². The Bertz CT molecular complexity index is 593. The predicted molar refractivity (Wildman–Crippen MR) is 69.4 cm³/mol. The van der Waals surface area contributed by atoms with E-state index in [-0.39, 0.29) is 22.0 Å². The number of hydrogen-bond acceptors (Lipinski definition) is 3. The molecule has 0 spiro atoms. The van der Waals surface area contributed by atoms with Gasteiger partial charge in [0.25, 0.3) is 0 Å². The van der Waals surface area contributed by atoms with Crippen LogP contribution in [-0.2, 0) is 10.0 Å². The van der Waals surface area contributed by atoms with Gasteiger partial charge in [-0.2, -0.15) is 5.26 Å². The van der Waals surface area contributed by atoms with Crippen molar-refractivity contribution in [1.29, 1.82) is 5.26 Å². The molecule has 0 saturated heterocycles. The zero-order valence-electron chi connectivity index (χ0n) is 8.57. The molecule has 0 aliphatic carbocycles. The molecule has 1 aromatic carbocycles. The third kappa shape index (κ3) is 3.82. The van der Waals surface area contributed by atoms with Gasteiger partial charge in [-0.15, -0.1) is 0 Å². The standard InChI is InChI=1S/C10H8BrClN2O2S/c1-7(11)6-14-17(15,16)10-4-8(5-13)2-3-9(10)12/h2-4,14H,1,6H2. The maximum Gasteiger partial charge on any atom is 0.242 e. The van der Waals surface area contributed by atoms with Crippen LogP contribution in [0.2, 0.25) is 5.02 Å². The summed E-state index contributed by atoms with van der Waals surface area (Å²) in [6.07, 6.45) is 0. The molecule has 90 valence electrons. The van der Waals surface area contributed by atoms with Crippen LogP contribution in [-0.4, -0.2) is 15.0 Å². The Balaban J connectivity index is 3.15. The molecule has 1 aromatic rings. The minimum Gasteiger partial charge on any atom is -0.207 e. The van der Waals surface area contributed by atoms with Crippen molar-refractivity contribution in [3.05, 3.63) is 39.8 Å². The number of nitrogens with one attached hydrogen (secondary N) is 1. The van der Waals surface area contributed by atoms with Crippen LogP contribution >= 0.6 is 27.5 Å². The third-order valence-corrected chi connectivity index (χ3v) is 3.97. The van der Waals surface area contributed by atoms with Crippen molar-refractivity contribution >= 4 is 37.6 Å². The maximum atomic E-state index is 11.9. The second-order valence-electron chi connectivity index (χ2n) is 3.10. The summed E-state index contributed by atoms with van der Waals surface area (Å²) in [7, 11) is -3.74. The van der Waals surface area contributed by atoms with E-state index in [1.54, 1.807) is 0 Å². The van der Waals surface area contributed by atoms with E-state index in [4.69, 9.17) is 16.9 Å². The van der Waals surface area contributed by atoms with Crippen LogP contribution in [0.1, 0.15) is 5.56 Å². The number of benzene rings is 1. The van der Waals surface area contributed by atoms with Crippen molar-refractivity contribution in [3.8, 4) is 6.07 Å². The molecule has 7 heteroatoms. The Morgan fingerprint density at radius 3 is 2.76 bits per heavy atom. The molecular formula is C10H8BrClN2O2S. The number of sulfonamides is 1. The second-order valence-corrected chi connectivity index (χ2v) is 6.36. The topological polar surface area (TPSA) is 70.0 Å². The summed E-state index contributed by atoms with van der Waals surface area (Å²) in [4.78, 5) is -0.119. The van der Waals surface area contributed by atoms with Gasteiger partial charge in [0.05, 0.1) is 16.7 Å². The molecule has 1 N–H and O–H groups in total. The molecule has 0 unspecified atom stereocenters. The molecule has 1 rings (SSSR count). The fourth-order valence-electron chi connectivity index (χ4n) is 1.03. The average Bonchev–Trinajstić information content (AvgIpc) is 2.27. The Morgan fingerprint density at radius 1 is 1.59 bits per heavy atom. The van der Waals surface area contributed by atoms with Gasteiger partial charge < -0.3 is 0 Å². The van der Waals surface area contributed by atoms with E-state index in [1.807, 2.05) is 6.07 Å². The number of nitrogens with zero attached hydrogens (tertiary/aromatic N) is 1. The van der Waals surface area contributed by atoms with Crippen molar-refractivity contribution in [3.63, 3.8) is 0 Å². The summed E-state index contributed by atoms with van der Waals surface area (Å²) >= 11 is 8.83. The minimum absolute atomic E-state index is 0.0510. The third-order valence-electron chi connectivity index (χ3n) is 1.80. The highest BCUT2D eigenvalue weighted by Crippen LogP contribution is 2.22. The number of halogens is 2.